The molecule has 28 heavy (non-hydrogen) atoms. The quantitative estimate of drug-likeness (QED) is 0.695. The molecular formula is C18H24N6O4. The Morgan fingerprint density at radius 1 is 1.50 bits per heavy atom. The van der Waals surface area contributed by atoms with Gasteiger partial charge in [-0.3, -0.25) is 14.6 Å². The molecule has 150 valence electrons. The molecule has 3 N–H and O–H groups in total. The molecule has 2 amide bonds. The molecule has 0 unspecified atom stereocenters. The maximum atomic E-state index is 12.3. The van der Waals surface area contributed by atoms with Crippen LogP contribution >= 0.6 is 0 Å². The van der Waals surface area contributed by atoms with Gasteiger partial charge in [-0.25, -0.2) is 4.79 Å². The second-order valence-corrected chi connectivity index (χ2v) is 7.94. The Balaban J connectivity index is 1.38. The molecule has 2 aromatic rings. The number of nitrogens with one attached hydrogen (secondary N) is 2. The summed E-state index contributed by atoms with van der Waals surface area (Å²) in [6.07, 6.45) is 3.04. The van der Waals surface area contributed by atoms with Crippen molar-refractivity contribution >= 4 is 17.8 Å². The van der Waals surface area contributed by atoms with Crippen molar-refractivity contribution in [3.05, 3.63) is 29.7 Å². The Morgan fingerprint density at radius 2 is 2.29 bits per heavy atom. The number of carboxylic acid groups (broad SMARTS) is 1. The third-order valence-corrected chi connectivity index (χ3v) is 5.56. The third kappa shape index (κ3) is 3.72. The SMILES string of the molecule is Cn1nccc1C(=O)Nc1cc([C@H]2C[C@@H](N(CC3(C)CC3)C(=O)O)CO2)[nH]n1. The molecule has 2 atom stereocenters. The van der Waals surface area contributed by atoms with Crippen LogP contribution in [-0.4, -0.2) is 61.2 Å². The van der Waals surface area contributed by atoms with Crippen molar-refractivity contribution in [3.63, 3.8) is 0 Å². The fourth-order valence-electron chi connectivity index (χ4n) is 3.52. The van der Waals surface area contributed by atoms with Crippen LogP contribution in [0.4, 0.5) is 10.6 Å². The smallest absolute Gasteiger partial charge is 0.407 e. The van der Waals surface area contributed by atoms with Gasteiger partial charge in [0.15, 0.2) is 5.82 Å². The lowest BCUT2D eigenvalue weighted by Gasteiger charge is -2.27. The van der Waals surface area contributed by atoms with Crippen LogP contribution in [0, 0.1) is 5.41 Å². The Kier molecular flexibility index (Phi) is 4.58. The zero-order valence-electron chi connectivity index (χ0n) is 15.9. The summed E-state index contributed by atoms with van der Waals surface area (Å²) in [5.74, 6) is 0.0758. The average molecular weight is 388 g/mol. The molecule has 4 rings (SSSR count). The van der Waals surface area contributed by atoms with E-state index in [1.165, 1.54) is 9.58 Å². The number of hydrogen-bond donors (Lipinski definition) is 3. The van der Waals surface area contributed by atoms with Crippen LogP contribution in [0.25, 0.3) is 0 Å². The molecule has 1 saturated heterocycles. The first-order chi connectivity index (χ1) is 13.3. The fraction of sp³-hybridized carbons (Fsp3) is 0.556. The van der Waals surface area contributed by atoms with E-state index in [-0.39, 0.29) is 23.5 Å². The van der Waals surface area contributed by atoms with Crippen LogP contribution in [0.2, 0.25) is 0 Å². The van der Waals surface area contributed by atoms with Gasteiger partial charge in [-0.1, -0.05) is 6.92 Å². The Morgan fingerprint density at radius 3 is 2.93 bits per heavy atom. The normalized spacial score (nSPS) is 22.8. The molecule has 0 aromatic carbocycles. The topological polar surface area (TPSA) is 125 Å². The first kappa shape index (κ1) is 18.5. The highest BCUT2D eigenvalue weighted by molar-refractivity contribution is 6.02. The van der Waals surface area contributed by atoms with Crippen molar-refractivity contribution in [3.8, 4) is 0 Å². The molecule has 10 heteroatoms. The highest BCUT2D eigenvalue weighted by Gasteiger charge is 2.43. The number of ether oxygens (including phenoxy) is 1. The molecule has 2 fully saturated rings. The summed E-state index contributed by atoms with van der Waals surface area (Å²) >= 11 is 0. The fourth-order valence-corrected chi connectivity index (χ4v) is 3.52. The van der Waals surface area contributed by atoms with Crippen molar-refractivity contribution < 1.29 is 19.4 Å². The number of amides is 2. The van der Waals surface area contributed by atoms with Crippen LogP contribution in [0.1, 0.15) is 48.5 Å². The van der Waals surface area contributed by atoms with E-state index in [0.29, 0.717) is 36.8 Å². The number of nitrogens with zero attached hydrogens (tertiary/aromatic N) is 4. The molecule has 0 bridgehead atoms. The summed E-state index contributed by atoms with van der Waals surface area (Å²) in [4.78, 5) is 25.5. The molecule has 1 saturated carbocycles. The molecule has 0 spiro atoms. The van der Waals surface area contributed by atoms with Crippen LogP contribution in [-0.2, 0) is 11.8 Å². The van der Waals surface area contributed by atoms with Crippen molar-refractivity contribution in [2.75, 3.05) is 18.5 Å². The number of aryl methyl sites for hydroxylation is 1. The molecule has 10 nitrogen and oxygen atoms in total. The summed E-state index contributed by atoms with van der Waals surface area (Å²) in [6, 6.07) is 3.15. The van der Waals surface area contributed by atoms with Crippen molar-refractivity contribution in [2.45, 2.75) is 38.3 Å². The maximum absolute atomic E-state index is 12.3. The van der Waals surface area contributed by atoms with E-state index in [4.69, 9.17) is 4.74 Å². The predicted molar refractivity (Wildman–Crippen MR) is 98.9 cm³/mol. The van der Waals surface area contributed by atoms with Gasteiger partial charge in [-0.2, -0.15) is 10.2 Å². The van der Waals surface area contributed by atoms with Crippen molar-refractivity contribution in [1.29, 1.82) is 0 Å². The van der Waals surface area contributed by atoms with Gasteiger partial charge in [0.2, 0.25) is 0 Å². The number of hydrogen-bond acceptors (Lipinski definition) is 5. The lowest BCUT2D eigenvalue weighted by molar-refractivity contribution is 0.0844. The number of aromatic amines is 1. The van der Waals surface area contributed by atoms with Crippen molar-refractivity contribution in [2.24, 2.45) is 12.5 Å². The standard InChI is InChI=1S/C18H24N6O4/c1-18(4-5-18)10-24(17(26)27)11-7-14(28-9-11)12-8-15(22-21-12)20-16(25)13-3-6-19-23(13)2/h3,6,8,11,14H,4-5,7,9-10H2,1-2H3,(H,26,27)(H2,20,21,22,25)/t11-,14-/m1/s1. The highest BCUT2D eigenvalue weighted by Crippen LogP contribution is 2.46. The number of carbonyl (C=O) groups excluding carboxylic acids is 1. The lowest BCUT2D eigenvalue weighted by Crippen LogP contribution is -2.42. The summed E-state index contributed by atoms with van der Waals surface area (Å²) < 4.78 is 7.30. The van der Waals surface area contributed by atoms with Gasteiger partial charge < -0.3 is 20.1 Å². The predicted octanol–water partition coefficient (Wildman–Crippen LogP) is 2.01. The van der Waals surface area contributed by atoms with Gasteiger partial charge in [0, 0.05) is 32.3 Å². The lowest BCUT2D eigenvalue weighted by atomic mass is 10.1. The van der Waals surface area contributed by atoms with Gasteiger partial charge in [-0.05, 0) is 24.3 Å². The van der Waals surface area contributed by atoms with Crippen molar-refractivity contribution in [1.82, 2.24) is 24.9 Å². The second-order valence-electron chi connectivity index (χ2n) is 7.94. The average Bonchev–Trinajstić information content (AvgIpc) is 3.10. The molecule has 1 aliphatic heterocycles. The third-order valence-electron chi connectivity index (χ3n) is 5.56. The van der Waals surface area contributed by atoms with Crippen LogP contribution < -0.4 is 5.32 Å². The Labute approximate surface area is 161 Å². The zero-order valence-corrected chi connectivity index (χ0v) is 15.9. The van der Waals surface area contributed by atoms with Crippen LogP contribution in [0.5, 0.6) is 0 Å². The van der Waals surface area contributed by atoms with Gasteiger partial charge in [0.25, 0.3) is 5.91 Å². The number of rotatable bonds is 6. The molecular weight excluding hydrogens is 364 g/mol. The van der Waals surface area contributed by atoms with Crippen LogP contribution in [0.15, 0.2) is 18.3 Å². The van der Waals surface area contributed by atoms with E-state index >= 15 is 0 Å². The number of H-pyrrole nitrogens is 1. The Hall–Kier alpha value is -2.88. The summed E-state index contributed by atoms with van der Waals surface area (Å²) in [6.45, 7) is 3.00. The monoisotopic (exact) mass is 388 g/mol. The summed E-state index contributed by atoms with van der Waals surface area (Å²) in [5.41, 5.74) is 1.24. The largest absolute Gasteiger partial charge is 0.465 e. The number of carbonyl (C=O) groups is 2. The molecule has 1 aliphatic carbocycles. The van der Waals surface area contributed by atoms with Gasteiger partial charge >= 0.3 is 6.09 Å². The second kappa shape index (κ2) is 6.93. The van der Waals surface area contributed by atoms with E-state index in [1.54, 1.807) is 25.4 Å². The first-order valence-corrected chi connectivity index (χ1v) is 9.30. The molecule has 2 aromatic heterocycles. The zero-order chi connectivity index (χ0) is 19.9. The summed E-state index contributed by atoms with van der Waals surface area (Å²) in [7, 11) is 1.69. The van der Waals surface area contributed by atoms with Crippen LogP contribution in [0.3, 0.4) is 0 Å². The number of aromatic nitrogens is 4. The van der Waals surface area contributed by atoms with E-state index in [9.17, 15) is 14.7 Å². The minimum atomic E-state index is -0.906. The Bertz CT molecular complexity index is 886. The maximum Gasteiger partial charge on any atom is 0.407 e. The van der Waals surface area contributed by atoms with Gasteiger partial charge in [-0.15, -0.1) is 0 Å². The van der Waals surface area contributed by atoms with E-state index in [0.717, 1.165) is 12.8 Å². The highest BCUT2D eigenvalue weighted by atomic mass is 16.5. The minimum absolute atomic E-state index is 0.105. The minimum Gasteiger partial charge on any atom is -0.465 e. The molecule has 0 radical (unpaired) electrons. The van der Waals surface area contributed by atoms with E-state index in [2.05, 4.69) is 27.5 Å². The first-order valence-electron chi connectivity index (χ1n) is 9.30. The van der Waals surface area contributed by atoms with Gasteiger partial charge in [0.1, 0.15) is 11.8 Å². The van der Waals surface area contributed by atoms with E-state index in [1.807, 2.05) is 0 Å². The molecule has 2 aliphatic rings. The molecule has 3 heterocycles. The number of anilines is 1. The van der Waals surface area contributed by atoms with Gasteiger partial charge in [0.05, 0.1) is 18.3 Å². The summed E-state index contributed by atoms with van der Waals surface area (Å²) in [5, 5.41) is 23.3. The van der Waals surface area contributed by atoms with E-state index < -0.39 is 6.09 Å².